The van der Waals surface area contributed by atoms with Crippen LogP contribution in [0.5, 0.6) is 0 Å². The van der Waals surface area contributed by atoms with Crippen molar-refractivity contribution < 1.29 is 19.0 Å². The van der Waals surface area contributed by atoms with E-state index in [1.54, 1.807) is 18.3 Å². The van der Waals surface area contributed by atoms with Crippen molar-refractivity contribution >= 4 is 18.0 Å². The highest BCUT2D eigenvalue weighted by Gasteiger charge is 2.32. The van der Waals surface area contributed by atoms with Crippen molar-refractivity contribution in [2.24, 2.45) is 5.10 Å². The van der Waals surface area contributed by atoms with Gasteiger partial charge in [0.15, 0.2) is 0 Å². The van der Waals surface area contributed by atoms with E-state index >= 15 is 0 Å². The summed E-state index contributed by atoms with van der Waals surface area (Å²) < 4.78 is 19.9. The van der Waals surface area contributed by atoms with Crippen LogP contribution in [0.15, 0.2) is 53.9 Å². The van der Waals surface area contributed by atoms with Crippen LogP contribution in [0.3, 0.4) is 0 Å². The molecule has 2 aromatic rings. The summed E-state index contributed by atoms with van der Waals surface area (Å²) in [4.78, 5) is 15.3. The number of anilines is 1. The average molecular weight is 410 g/mol. The van der Waals surface area contributed by atoms with Crippen LogP contribution in [-0.2, 0) is 17.8 Å². The highest BCUT2D eigenvalue weighted by molar-refractivity contribution is 5.90. The highest BCUT2D eigenvalue weighted by atomic mass is 19.1. The molecule has 2 aromatic carbocycles. The Morgan fingerprint density at radius 1 is 1.33 bits per heavy atom. The van der Waals surface area contributed by atoms with E-state index in [2.05, 4.69) is 22.0 Å². The second-order valence-corrected chi connectivity index (χ2v) is 7.25. The number of hydrogen-bond donors (Lipinski definition) is 2. The van der Waals surface area contributed by atoms with Crippen LogP contribution >= 0.6 is 0 Å². The molecule has 1 saturated heterocycles. The number of cyclic esters (lactones) is 1. The lowest BCUT2D eigenvalue weighted by molar-refractivity contribution is 0.0963. The topological polar surface area (TPSA) is 77.4 Å². The molecule has 2 heterocycles. The van der Waals surface area contributed by atoms with Crippen LogP contribution in [0.4, 0.5) is 14.9 Å². The van der Waals surface area contributed by atoms with E-state index in [1.807, 2.05) is 25.1 Å². The number of rotatable bonds is 6. The number of fused-ring (bicyclic) bond motifs is 1. The van der Waals surface area contributed by atoms with E-state index < -0.39 is 18.0 Å². The monoisotopic (exact) mass is 410 g/mol. The minimum absolute atomic E-state index is 0.197. The molecule has 0 radical (unpaired) electrons. The van der Waals surface area contributed by atoms with Crippen LogP contribution in [-0.4, -0.2) is 41.6 Å². The molecule has 8 heteroatoms. The van der Waals surface area contributed by atoms with Crippen LogP contribution in [0.25, 0.3) is 11.1 Å². The first kappa shape index (κ1) is 19.9. The number of hydrogen-bond acceptors (Lipinski definition) is 6. The third-order valence-electron chi connectivity index (χ3n) is 5.29. The van der Waals surface area contributed by atoms with E-state index in [4.69, 9.17) is 4.74 Å². The predicted octanol–water partition coefficient (Wildman–Crippen LogP) is 3.19. The molecule has 2 aliphatic rings. The van der Waals surface area contributed by atoms with Gasteiger partial charge in [0.05, 0.1) is 18.8 Å². The van der Waals surface area contributed by atoms with Gasteiger partial charge in [-0.1, -0.05) is 18.7 Å². The van der Waals surface area contributed by atoms with Crippen molar-refractivity contribution in [2.45, 2.75) is 26.1 Å². The zero-order valence-electron chi connectivity index (χ0n) is 16.6. The number of hydrazone groups is 1. The van der Waals surface area contributed by atoms with Gasteiger partial charge in [-0.15, -0.1) is 0 Å². The smallest absolute Gasteiger partial charge is 0.414 e. The van der Waals surface area contributed by atoms with Gasteiger partial charge in [0, 0.05) is 24.9 Å². The van der Waals surface area contributed by atoms with Gasteiger partial charge in [0.25, 0.3) is 0 Å². The van der Waals surface area contributed by atoms with Crippen LogP contribution < -0.4 is 10.3 Å². The van der Waals surface area contributed by atoms with E-state index in [0.717, 1.165) is 16.7 Å². The standard InChI is InChI=1S/C22H23FN4O3/c1-3-24-25-14(2)26-10-16-5-4-15(8-17(16)11-26)20-7-6-18(9-21(20)23)27-12-19(13-28)30-22(27)29/h3-9,19,25,28H,2,10-13H2,1H3/b24-3-/t19-/m1/s1. The molecule has 0 unspecified atom stereocenters. The Labute approximate surface area is 174 Å². The summed E-state index contributed by atoms with van der Waals surface area (Å²) in [6, 6.07) is 10.5. The maximum absolute atomic E-state index is 14.9. The fourth-order valence-electron chi connectivity index (χ4n) is 3.70. The number of halogens is 1. The zero-order chi connectivity index (χ0) is 21.3. The number of nitrogens with one attached hydrogen (secondary N) is 1. The van der Waals surface area contributed by atoms with Crippen LogP contribution in [0.2, 0.25) is 0 Å². The molecule has 1 fully saturated rings. The molecular formula is C22H23FN4O3. The van der Waals surface area contributed by atoms with Crippen LogP contribution in [0, 0.1) is 5.82 Å². The molecule has 156 valence electrons. The molecule has 0 saturated carbocycles. The summed E-state index contributed by atoms with van der Waals surface area (Å²) >= 11 is 0. The predicted molar refractivity (Wildman–Crippen MR) is 112 cm³/mol. The Morgan fingerprint density at radius 2 is 2.13 bits per heavy atom. The highest BCUT2D eigenvalue weighted by Crippen LogP contribution is 2.33. The van der Waals surface area contributed by atoms with E-state index in [9.17, 15) is 14.3 Å². The minimum Gasteiger partial charge on any atom is -0.441 e. The number of ether oxygens (including phenoxy) is 1. The summed E-state index contributed by atoms with van der Waals surface area (Å²) in [5.41, 5.74) is 6.79. The minimum atomic E-state index is -0.591. The second kappa shape index (κ2) is 8.16. The fraction of sp³-hybridized carbons (Fsp3) is 0.273. The quantitative estimate of drug-likeness (QED) is 0.565. The molecule has 2 N–H and O–H groups in total. The van der Waals surface area contributed by atoms with Crippen molar-refractivity contribution in [3.05, 3.63) is 65.7 Å². The average Bonchev–Trinajstić information content (AvgIpc) is 3.34. The number of aliphatic hydroxyl groups excluding tert-OH is 1. The first-order valence-electron chi connectivity index (χ1n) is 9.68. The number of amides is 1. The molecule has 7 nitrogen and oxygen atoms in total. The Morgan fingerprint density at radius 3 is 2.83 bits per heavy atom. The molecule has 1 amide bonds. The maximum Gasteiger partial charge on any atom is 0.414 e. The van der Waals surface area contributed by atoms with Crippen molar-refractivity contribution in [3.63, 3.8) is 0 Å². The SMILES string of the molecule is C=C(N/N=C\C)N1Cc2ccc(-c3ccc(N4C[C@H](CO)OC4=O)cc3F)cc2C1. The first-order chi connectivity index (χ1) is 14.5. The Hall–Kier alpha value is -3.39. The first-order valence-corrected chi connectivity index (χ1v) is 9.68. The van der Waals surface area contributed by atoms with Gasteiger partial charge in [-0.2, -0.15) is 5.10 Å². The largest absolute Gasteiger partial charge is 0.441 e. The lowest BCUT2D eigenvalue weighted by Gasteiger charge is -2.19. The van der Waals surface area contributed by atoms with Crippen molar-refractivity contribution in [3.8, 4) is 11.1 Å². The summed E-state index contributed by atoms with van der Waals surface area (Å²) in [6.07, 6.45) is 0.484. The summed E-state index contributed by atoms with van der Waals surface area (Å²) in [5.74, 6) is 0.283. The Bertz CT molecular complexity index is 1020. The number of benzene rings is 2. The molecule has 30 heavy (non-hydrogen) atoms. The molecule has 4 rings (SSSR count). The fourth-order valence-corrected chi connectivity index (χ4v) is 3.70. The molecule has 2 aliphatic heterocycles. The molecule has 0 spiro atoms. The van der Waals surface area contributed by atoms with Gasteiger partial charge in [-0.05, 0) is 47.9 Å². The van der Waals surface area contributed by atoms with Gasteiger partial charge in [0.2, 0.25) is 0 Å². The Balaban J connectivity index is 1.54. The number of aliphatic hydroxyl groups is 1. The normalized spacial score (nSPS) is 18.1. The van der Waals surface area contributed by atoms with Crippen molar-refractivity contribution in [2.75, 3.05) is 18.1 Å². The Kier molecular flexibility index (Phi) is 5.41. The molecule has 1 atom stereocenters. The van der Waals surface area contributed by atoms with E-state index in [1.165, 1.54) is 11.0 Å². The van der Waals surface area contributed by atoms with Crippen molar-refractivity contribution in [1.82, 2.24) is 10.3 Å². The van der Waals surface area contributed by atoms with Gasteiger partial charge in [-0.3, -0.25) is 10.3 Å². The van der Waals surface area contributed by atoms with E-state index in [-0.39, 0.29) is 13.2 Å². The van der Waals surface area contributed by atoms with Crippen molar-refractivity contribution in [1.29, 1.82) is 0 Å². The van der Waals surface area contributed by atoms with Gasteiger partial charge in [0.1, 0.15) is 17.7 Å². The second-order valence-electron chi connectivity index (χ2n) is 7.25. The summed E-state index contributed by atoms with van der Waals surface area (Å²) in [5, 5.41) is 13.2. The lowest BCUT2D eigenvalue weighted by Crippen LogP contribution is -2.25. The zero-order valence-corrected chi connectivity index (χ0v) is 16.6. The van der Waals surface area contributed by atoms with Gasteiger partial charge in [-0.25, -0.2) is 9.18 Å². The lowest BCUT2D eigenvalue weighted by atomic mass is 10.00. The third-order valence-corrected chi connectivity index (χ3v) is 5.29. The van der Waals surface area contributed by atoms with E-state index in [0.29, 0.717) is 30.2 Å². The number of nitrogens with zero attached hydrogens (tertiary/aromatic N) is 3. The molecule has 0 aromatic heterocycles. The molecule has 0 aliphatic carbocycles. The van der Waals surface area contributed by atoms with Gasteiger partial charge >= 0.3 is 6.09 Å². The van der Waals surface area contributed by atoms with Crippen LogP contribution in [0.1, 0.15) is 18.1 Å². The van der Waals surface area contributed by atoms with Gasteiger partial charge < -0.3 is 14.7 Å². The summed E-state index contributed by atoms with van der Waals surface area (Å²) in [6.45, 7) is 7.13. The molecular weight excluding hydrogens is 387 g/mol. The third kappa shape index (κ3) is 3.73. The number of carbonyl (C=O) groups excluding carboxylic acids is 1. The number of carbonyl (C=O) groups is 1. The maximum atomic E-state index is 14.9. The summed E-state index contributed by atoms with van der Waals surface area (Å²) in [7, 11) is 0. The molecule has 0 bridgehead atoms.